The van der Waals surface area contributed by atoms with Crippen LogP contribution in [0, 0.1) is 0 Å². The van der Waals surface area contributed by atoms with Gasteiger partial charge in [-0.1, -0.05) is 0 Å². The number of hydrogen-bond donors (Lipinski definition) is 0. The van der Waals surface area contributed by atoms with Crippen molar-refractivity contribution in [3.63, 3.8) is 0 Å². The maximum absolute atomic E-state index is 8.19. The molecule has 0 unspecified atom stereocenters. The predicted octanol–water partition coefficient (Wildman–Crippen LogP) is -0.243. The van der Waals surface area contributed by atoms with Crippen LogP contribution in [0.2, 0.25) is 0 Å². The van der Waals surface area contributed by atoms with Crippen molar-refractivity contribution in [2.24, 2.45) is 0 Å². The third-order valence-corrected chi connectivity index (χ3v) is 0. The Bertz CT molecular complexity index is 8.00. The molecule has 0 atom stereocenters. The molecule has 28 valence electrons. The molecule has 0 heterocycles. The van der Waals surface area contributed by atoms with Crippen molar-refractivity contribution < 1.29 is 40.8 Å². The van der Waals surface area contributed by atoms with E-state index in [1.807, 2.05) is 0 Å². The monoisotopic (exact) mass is 146 g/mol. The van der Waals surface area contributed by atoms with Crippen molar-refractivity contribution in [2.75, 3.05) is 0 Å². The van der Waals surface area contributed by atoms with Gasteiger partial charge in [0.25, 0.3) is 0 Å². The second-order valence-corrected chi connectivity index (χ2v) is 0. The second kappa shape index (κ2) is 54.7. The number of hydrogen-bond acceptors (Lipinski definition) is 2. The molecule has 4 heteroatoms. The summed E-state index contributed by atoms with van der Waals surface area (Å²) in [6, 6.07) is 0. The van der Waals surface area contributed by atoms with Crippen LogP contribution in [0.5, 0.6) is 0 Å². The summed E-state index contributed by atoms with van der Waals surface area (Å²) >= 11 is 4.00. The molecule has 0 aliphatic carbocycles. The molecular weight excluding hydrogens is 146 g/mol. The summed E-state index contributed by atoms with van der Waals surface area (Å²) in [6.07, 6.45) is 0. The molecule has 0 N–H and O–H groups in total. The van der Waals surface area contributed by atoms with Crippen molar-refractivity contribution >= 4 is 0 Å². The summed E-state index contributed by atoms with van der Waals surface area (Å²) in [6.45, 7) is 0. The zero-order chi connectivity index (χ0) is 4.00. The molecule has 4 heavy (non-hydrogen) atoms. The Morgan fingerprint density at radius 3 is 1.25 bits per heavy atom. The average molecular weight is 146 g/mol. The van der Waals surface area contributed by atoms with Gasteiger partial charge in [0.2, 0.25) is 0 Å². The maximum atomic E-state index is 8.19. The van der Waals surface area contributed by atoms with Crippen molar-refractivity contribution in [1.82, 2.24) is 0 Å². The summed E-state index contributed by atoms with van der Waals surface area (Å²) in [4.78, 5) is 0. The quantitative estimate of drug-likeness (QED) is 0.442. The molecule has 0 fully saturated rings. The molecule has 0 radical (unpaired) electrons. The summed E-state index contributed by atoms with van der Waals surface area (Å²) in [5, 5.41) is 0. The van der Waals surface area contributed by atoms with Crippen LogP contribution in [-0.2, 0) is 40.8 Å². The average Bonchev–Trinajstić information content (AvgIpc) is 1.50. The van der Waals surface area contributed by atoms with Gasteiger partial charge in [0.1, 0.15) is 0 Å². The van der Waals surface area contributed by atoms with Crippen LogP contribution < -0.4 is 0 Å². The van der Waals surface area contributed by atoms with Gasteiger partial charge in [0.15, 0.2) is 0 Å². The van der Waals surface area contributed by atoms with Crippen LogP contribution in [0.3, 0.4) is 0 Å². The fraction of sp³-hybridized carbons (Fsp3) is 0. The van der Waals surface area contributed by atoms with E-state index in [0.29, 0.717) is 0 Å². The first-order chi connectivity index (χ1) is 2.00. The Hall–Kier alpha value is 0.704. The minimum absolute atomic E-state index is 1.06. The Balaban J connectivity index is 0. The molecule has 0 amide bonds. The third-order valence-electron chi connectivity index (χ3n) is 0. The second-order valence-electron chi connectivity index (χ2n) is 0. The van der Waals surface area contributed by atoms with Crippen LogP contribution in [0.4, 0.5) is 0 Å². The molecule has 0 saturated heterocycles. The SMILES string of the molecule is [O]=[Cu].[O]=[V]. The van der Waals surface area contributed by atoms with Crippen molar-refractivity contribution in [3.8, 4) is 0 Å². The van der Waals surface area contributed by atoms with Crippen molar-refractivity contribution in [1.29, 1.82) is 0 Å². The van der Waals surface area contributed by atoms with Crippen molar-refractivity contribution in [2.45, 2.75) is 0 Å². The van der Waals surface area contributed by atoms with Crippen LogP contribution in [0.1, 0.15) is 0 Å². The molecule has 0 saturated carbocycles. The molecule has 0 spiro atoms. The summed E-state index contributed by atoms with van der Waals surface area (Å²) in [5.74, 6) is 0. The minimum atomic E-state index is 1.06. The molecule has 0 aliphatic rings. The van der Waals surface area contributed by atoms with E-state index >= 15 is 0 Å². The van der Waals surface area contributed by atoms with E-state index in [4.69, 9.17) is 7.51 Å². The Morgan fingerprint density at radius 2 is 1.25 bits per heavy atom. The Kier molecular flexibility index (Phi) is 121. The standard InChI is InChI=1S/Cu.2O.V. The Labute approximate surface area is 41.2 Å². The van der Waals surface area contributed by atoms with Gasteiger partial charge in [-0.3, -0.25) is 0 Å². The molecule has 0 aromatic heterocycles. The fourth-order valence-corrected chi connectivity index (χ4v) is 0. The van der Waals surface area contributed by atoms with E-state index in [0.717, 1.165) is 17.4 Å². The third kappa shape index (κ3) is 15.8. The van der Waals surface area contributed by atoms with Crippen LogP contribution in [0.25, 0.3) is 0 Å². The van der Waals surface area contributed by atoms with Crippen LogP contribution >= 0.6 is 0 Å². The van der Waals surface area contributed by atoms with Crippen molar-refractivity contribution in [3.05, 3.63) is 0 Å². The van der Waals surface area contributed by atoms with Crippen LogP contribution in [-0.4, -0.2) is 0 Å². The molecule has 0 aromatic carbocycles. The van der Waals surface area contributed by atoms with Gasteiger partial charge in [-0.2, -0.15) is 0 Å². The van der Waals surface area contributed by atoms with E-state index in [9.17, 15) is 0 Å². The van der Waals surface area contributed by atoms with Gasteiger partial charge in [-0.25, -0.2) is 0 Å². The summed E-state index contributed by atoms with van der Waals surface area (Å²) < 4.78 is 16.0. The normalized spacial score (nSPS) is 2.25. The molecular formula is CuO2V. The number of rotatable bonds is 0. The van der Waals surface area contributed by atoms with E-state index in [2.05, 4.69) is 15.9 Å². The topological polar surface area (TPSA) is 34.1 Å². The van der Waals surface area contributed by atoms with E-state index in [-0.39, 0.29) is 0 Å². The van der Waals surface area contributed by atoms with Gasteiger partial charge in [0, 0.05) is 0 Å². The molecule has 0 aromatic rings. The molecule has 0 rings (SSSR count). The molecule has 2 nitrogen and oxygen atoms in total. The predicted molar refractivity (Wildman–Crippen MR) is 1.37 cm³/mol. The van der Waals surface area contributed by atoms with Crippen LogP contribution in [0.15, 0.2) is 0 Å². The zero-order valence-corrected chi connectivity index (χ0v) is 3.90. The molecule has 0 aliphatic heterocycles. The first-order valence-electron chi connectivity index (χ1n) is 0.306. The van der Waals surface area contributed by atoms with E-state index in [1.165, 1.54) is 0 Å². The first-order valence-corrected chi connectivity index (χ1v) is 1.26. The first kappa shape index (κ1) is 8.83. The fourth-order valence-electron chi connectivity index (χ4n) is 0. The van der Waals surface area contributed by atoms with E-state index in [1.54, 1.807) is 0 Å². The van der Waals surface area contributed by atoms with Gasteiger partial charge in [-0.05, 0) is 0 Å². The summed E-state index contributed by atoms with van der Waals surface area (Å²) in [7, 11) is 0. The van der Waals surface area contributed by atoms with Gasteiger partial charge >= 0.3 is 40.8 Å². The van der Waals surface area contributed by atoms with Gasteiger partial charge in [-0.15, -0.1) is 0 Å². The van der Waals surface area contributed by atoms with Gasteiger partial charge in [0.05, 0.1) is 0 Å². The Morgan fingerprint density at radius 1 is 1.25 bits per heavy atom. The van der Waals surface area contributed by atoms with Gasteiger partial charge < -0.3 is 0 Å². The van der Waals surface area contributed by atoms with E-state index < -0.39 is 0 Å². The zero-order valence-electron chi connectivity index (χ0n) is 1.57. The summed E-state index contributed by atoms with van der Waals surface area (Å²) in [5.41, 5.74) is 0. The molecule has 0 bridgehead atoms.